The van der Waals surface area contributed by atoms with Crippen molar-refractivity contribution in [1.82, 2.24) is 9.66 Å². The maximum atomic E-state index is 12.2. The van der Waals surface area contributed by atoms with E-state index in [2.05, 4.69) is 34.3 Å². The van der Waals surface area contributed by atoms with Crippen molar-refractivity contribution in [3.8, 4) is 0 Å². The van der Waals surface area contributed by atoms with Crippen LogP contribution in [-0.2, 0) is 6.42 Å². The fourth-order valence-corrected chi connectivity index (χ4v) is 4.45. The van der Waals surface area contributed by atoms with Crippen molar-refractivity contribution in [1.29, 1.82) is 0 Å². The molecule has 0 amide bonds. The molecule has 0 radical (unpaired) electrons. The molecular weight excluding hydrogens is 423 g/mol. The summed E-state index contributed by atoms with van der Waals surface area (Å²) >= 11 is 0. The number of halogens is 3. The van der Waals surface area contributed by atoms with E-state index in [0.29, 0.717) is 6.42 Å². The Labute approximate surface area is 198 Å². The molecule has 2 heterocycles. The maximum Gasteiger partial charge on any atom is 0.389 e. The number of pyridine rings is 1. The largest absolute Gasteiger partial charge is 0.389 e. The van der Waals surface area contributed by atoms with Crippen molar-refractivity contribution in [2.45, 2.75) is 122 Å². The van der Waals surface area contributed by atoms with Crippen LogP contribution in [0, 0.1) is 0 Å². The highest BCUT2D eigenvalue weighted by Gasteiger charge is 2.25. The summed E-state index contributed by atoms with van der Waals surface area (Å²) in [4.78, 5) is 4.32. The van der Waals surface area contributed by atoms with Crippen LogP contribution in [0.5, 0.6) is 0 Å². The summed E-state index contributed by atoms with van der Waals surface area (Å²) < 4.78 is 38.6. The lowest BCUT2D eigenvalue weighted by molar-refractivity contribution is -0.135. The highest BCUT2D eigenvalue weighted by molar-refractivity contribution is 5.83. The smallest absolute Gasteiger partial charge is 0.326 e. The number of hydrogen-bond donors (Lipinski definition) is 1. The van der Waals surface area contributed by atoms with Gasteiger partial charge in [-0.3, -0.25) is 9.66 Å². The number of hydrogen-bond acceptors (Lipinski definition) is 2. The van der Waals surface area contributed by atoms with Crippen molar-refractivity contribution in [2.75, 3.05) is 12.0 Å². The van der Waals surface area contributed by atoms with Gasteiger partial charge in [0.15, 0.2) is 0 Å². The van der Waals surface area contributed by atoms with E-state index in [9.17, 15) is 13.2 Å². The van der Waals surface area contributed by atoms with Crippen LogP contribution >= 0.6 is 0 Å². The Kier molecular flexibility index (Phi) is 13.3. The second-order valence-electron chi connectivity index (χ2n) is 9.39. The van der Waals surface area contributed by atoms with Gasteiger partial charge in [0.25, 0.3) is 0 Å². The molecule has 0 fully saturated rings. The van der Waals surface area contributed by atoms with Gasteiger partial charge in [0.05, 0.1) is 5.52 Å². The number of nitrogens with one attached hydrogen (secondary N) is 1. The lowest BCUT2D eigenvalue weighted by Gasteiger charge is -2.09. The predicted molar refractivity (Wildman–Crippen MR) is 133 cm³/mol. The van der Waals surface area contributed by atoms with Gasteiger partial charge in [-0.15, -0.1) is 0 Å². The number of alkyl halides is 3. The molecule has 0 saturated heterocycles. The average Bonchev–Trinajstić information content (AvgIpc) is 3.14. The third kappa shape index (κ3) is 11.8. The molecular formula is C27H44F3N3. The highest BCUT2D eigenvalue weighted by atomic mass is 19.4. The average molecular weight is 468 g/mol. The van der Waals surface area contributed by atoms with Crippen molar-refractivity contribution >= 4 is 10.9 Å². The molecule has 0 saturated carbocycles. The Bertz CT molecular complexity index is 755. The zero-order valence-corrected chi connectivity index (χ0v) is 20.6. The summed E-state index contributed by atoms with van der Waals surface area (Å²) in [6.07, 6.45) is 19.2. The Morgan fingerprint density at radius 3 is 2.09 bits per heavy atom. The van der Waals surface area contributed by atoms with E-state index in [-0.39, 0.29) is 6.42 Å². The third-order valence-corrected chi connectivity index (χ3v) is 6.41. The van der Waals surface area contributed by atoms with Gasteiger partial charge in [0, 0.05) is 36.9 Å². The van der Waals surface area contributed by atoms with E-state index >= 15 is 0 Å². The molecule has 188 valence electrons. The van der Waals surface area contributed by atoms with Crippen LogP contribution in [0.4, 0.5) is 13.2 Å². The molecule has 0 unspecified atom stereocenters. The molecule has 0 spiro atoms. The minimum atomic E-state index is -4.00. The van der Waals surface area contributed by atoms with Crippen LogP contribution in [0.3, 0.4) is 0 Å². The fraction of sp³-hybridized carbons (Fsp3) is 0.741. The van der Waals surface area contributed by atoms with Crippen LogP contribution in [0.2, 0.25) is 0 Å². The second-order valence-corrected chi connectivity index (χ2v) is 9.39. The molecule has 0 bridgehead atoms. The normalized spacial score (nSPS) is 12.0. The summed E-state index contributed by atoms with van der Waals surface area (Å²) in [6.45, 7) is 3.24. The molecule has 3 nitrogen and oxygen atoms in total. The SMILES string of the molecule is CCCCCCCCCCNn1cc(CCCCCCCCCC(F)(F)F)c2cnccc21. The number of nitrogens with zero attached hydrogens (tertiary/aromatic N) is 2. The first-order valence-electron chi connectivity index (χ1n) is 13.3. The Morgan fingerprint density at radius 1 is 0.818 bits per heavy atom. The minimum absolute atomic E-state index is 0.266. The molecule has 2 rings (SSSR count). The number of aryl methyl sites for hydroxylation is 1. The first kappa shape index (κ1) is 27.5. The summed E-state index contributed by atoms with van der Waals surface area (Å²) in [5, 5.41) is 1.22. The van der Waals surface area contributed by atoms with Crippen LogP contribution in [0.1, 0.15) is 115 Å². The Morgan fingerprint density at radius 2 is 1.42 bits per heavy atom. The highest BCUT2D eigenvalue weighted by Crippen LogP contribution is 2.24. The van der Waals surface area contributed by atoms with Gasteiger partial charge >= 0.3 is 6.18 Å². The topological polar surface area (TPSA) is 29.9 Å². The lowest BCUT2D eigenvalue weighted by Crippen LogP contribution is -2.14. The van der Waals surface area contributed by atoms with Crippen LogP contribution in [-0.4, -0.2) is 22.4 Å². The van der Waals surface area contributed by atoms with Crippen LogP contribution in [0.15, 0.2) is 24.7 Å². The molecule has 6 heteroatoms. The van der Waals surface area contributed by atoms with Gasteiger partial charge in [-0.25, -0.2) is 0 Å². The van der Waals surface area contributed by atoms with Crippen LogP contribution < -0.4 is 5.43 Å². The third-order valence-electron chi connectivity index (χ3n) is 6.41. The van der Waals surface area contributed by atoms with Gasteiger partial charge in [0.2, 0.25) is 0 Å². The summed E-state index contributed by atoms with van der Waals surface area (Å²) in [7, 11) is 0. The van der Waals surface area contributed by atoms with Gasteiger partial charge in [-0.2, -0.15) is 13.2 Å². The monoisotopic (exact) mass is 467 g/mol. The molecule has 0 aliphatic carbocycles. The van der Waals surface area contributed by atoms with Gasteiger partial charge < -0.3 is 5.43 Å². The number of unbranched alkanes of at least 4 members (excludes halogenated alkanes) is 13. The van der Waals surface area contributed by atoms with E-state index in [1.165, 1.54) is 67.8 Å². The van der Waals surface area contributed by atoms with Crippen molar-refractivity contribution < 1.29 is 13.2 Å². The van der Waals surface area contributed by atoms with Crippen molar-refractivity contribution in [2.24, 2.45) is 0 Å². The van der Waals surface area contributed by atoms with Crippen molar-refractivity contribution in [3.63, 3.8) is 0 Å². The van der Waals surface area contributed by atoms with E-state index in [4.69, 9.17) is 0 Å². The summed E-state index contributed by atoms with van der Waals surface area (Å²) in [6, 6.07) is 2.07. The predicted octanol–water partition coefficient (Wildman–Crippen LogP) is 8.95. The molecule has 1 N–H and O–H groups in total. The fourth-order valence-electron chi connectivity index (χ4n) is 4.45. The number of rotatable bonds is 19. The second kappa shape index (κ2) is 16.0. The maximum absolute atomic E-state index is 12.2. The molecule has 0 aliphatic rings. The molecule has 0 aromatic carbocycles. The standard InChI is InChI=1S/C27H44F3N3/c1-2-3-4-5-6-10-13-16-20-32-33-23-24(25-22-31-21-18-26(25)33)17-14-11-8-7-9-12-15-19-27(28,29)30/h18,21-23,32H,2-17,19-20H2,1H3. The van der Waals surface area contributed by atoms with E-state index in [1.54, 1.807) is 0 Å². The van der Waals surface area contributed by atoms with Gasteiger partial charge in [0.1, 0.15) is 0 Å². The summed E-state index contributed by atoms with van der Waals surface area (Å²) in [5.41, 5.74) is 6.08. The number of aromatic nitrogens is 2. The molecule has 2 aromatic heterocycles. The van der Waals surface area contributed by atoms with E-state index in [1.807, 2.05) is 12.4 Å². The molecule has 0 aliphatic heterocycles. The minimum Gasteiger partial charge on any atom is -0.326 e. The molecule has 2 aromatic rings. The quantitative estimate of drug-likeness (QED) is 0.209. The number of fused-ring (bicyclic) bond motifs is 1. The van der Waals surface area contributed by atoms with Gasteiger partial charge in [-0.05, 0) is 37.3 Å². The first-order valence-corrected chi connectivity index (χ1v) is 13.3. The van der Waals surface area contributed by atoms with E-state index < -0.39 is 12.6 Å². The summed E-state index contributed by atoms with van der Waals surface area (Å²) in [5.74, 6) is 0. The Balaban J connectivity index is 1.63. The lowest BCUT2D eigenvalue weighted by atomic mass is 10.0. The van der Waals surface area contributed by atoms with E-state index in [0.717, 1.165) is 45.1 Å². The van der Waals surface area contributed by atoms with Gasteiger partial charge in [-0.1, -0.05) is 84.0 Å². The zero-order chi connectivity index (χ0) is 23.8. The van der Waals surface area contributed by atoms with Crippen LogP contribution in [0.25, 0.3) is 10.9 Å². The zero-order valence-electron chi connectivity index (χ0n) is 20.6. The molecule has 0 atom stereocenters. The first-order chi connectivity index (χ1) is 16.0. The molecule has 33 heavy (non-hydrogen) atoms. The van der Waals surface area contributed by atoms with Crippen molar-refractivity contribution in [3.05, 3.63) is 30.2 Å². The Hall–Kier alpha value is -1.72.